The normalized spacial score (nSPS) is 11.1. The molecule has 40 heavy (non-hydrogen) atoms. The SMILES string of the molecule is C=CC(=O)Nc1cc(Nc2nccc(-c3cn(C)c4c(C)c(F)cc(F)c34)n2)c(OC)cc1N(C)CCN(C)C. The first-order valence-electron chi connectivity index (χ1n) is 12.6. The molecule has 0 atom stereocenters. The minimum absolute atomic E-state index is 0.224. The van der Waals surface area contributed by atoms with E-state index in [0.717, 1.165) is 18.3 Å². The smallest absolute Gasteiger partial charge is 0.247 e. The van der Waals surface area contributed by atoms with Gasteiger partial charge in [0.15, 0.2) is 0 Å². The van der Waals surface area contributed by atoms with Crippen molar-refractivity contribution >= 4 is 39.8 Å². The topological polar surface area (TPSA) is 87.5 Å². The Morgan fingerprint density at radius 3 is 2.58 bits per heavy atom. The van der Waals surface area contributed by atoms with E-state index in [1.165, 1.54) is 6.08 Å². The number of hydrogen-bond acceptors (Lipinski definition) is 7. The van der Waals surface area contributed by atoms with Crippen LogP contribution in [0.4, 0.5) is 31.8 Å². The lowest BCUT2D eigenvalue weighted by atomic mass is 10.1. The second-order valence-electron chi connectivity index (χ2n) is 9.72. The van der Waals surface area contributed by atoms with E-state index in [4.69, 9.17) is 4.74 Å². The van der Waals surface area contributed by atoms with E-state index < -0.39 is 11.6 Å². The highest BCUT2D eigenvalue weighted by Gasteiger charge is 2.20. The zero-order valence-electron chi connectivity index (χ0n) is 23.5. The van der Waals surface area contributed by atoms with Crippen LogP contribution in [0, 0.1) is 18.6 Å². The predicted molar refractivity (Wildman–Crippen MR) is 156 cm³/mol. The van der Waals surface area contributed by atoms with E-state index >= 15 is 0 Å². The van der Waals surface area contributed by atoms with Crippen LogP contribution < -0.4 is 20.3 Å². The summed E-state index contributed by atoms with van der Waals surface area (Å²) in [6.07, 6.45) is 4.46. The van der Waals surface area contributed by atoms with Crippen LogP contribution in [-0.4, -0.2) is 66.7 Å². The Bertz CT molecular complexity index is 1580. The molecule has 2 aromatic carbocycles. The number of fused-ring (bicyclic) bond motifs is 1. The van der Waals surface area contributed by atoms with Crippen LogP contribution in [0.3, 0.4) is 0 Å². The average Bonchev–Trinajstić information content (AvgIpc) is 3.28. The Labute approximate surface area is 232 Å². The molecule has 4 rings (SSSR count). The Balaban J connectivity index is 1.75. The van der Waals surface area contributed by atoms with Crippen molar-refractivity contribution in [2.45, 2.75) is 6.92 Å². The van der Waals surface area contributed by atoms with Gasteiger partial charge >= 0.3 is 0 Å². The van der Waals surface area contributed by atoms with Gasteiger partial charge in [-0.25, -0.2) is 18.7 Å². The molecule has 0 fully saturated rings. The third-order valence-electron chi connectivity index (χ3n) is 6.62. The van der Waals surface area contributed by atoms with Gasteiger partial charge in [0.2, 0.25) is 11.9 Å². The third kappa shape index (κ3) is 5.74. The van der Waals surface area contributed by atoms with Gasteiger partial charge in [0.05, 0.1) is 35.4 Å². The fourth-order valence-corrected chi connectivity index (χ4v) is 4.51. The van der Waals surface area contributed by atoms with Crippen molar-refractivity contribution in [2.24, 2.45) is 7.05 Å². The molecule has 1 amide bonds. The van der Waals surface area contributed by atoms with Crippen molar-refractivity contribution in [3.63, 3.8) is 0 Å². The van der Waals surface area contributed by atoms with E-state index in [1.807, 2.05) is 32.1 Å². The van der Waals surface area contributed by atoms with E-state index in [0.29, 0.717) is 46.0 Å². The Hall–Kier alpha value is -4.51. The Morgan fingerprint density at radius 2 is 1.90 bits per heavy atom. The van der Waals surface area contributed by atoms with E-state index in [-0.39, 0.29) is 17.2 Å². The first kappa shape index (κ1) is 28.5. The van der Waals surface area contributed by atoms with E-state index in [9.17, 15) is 13.6 Å². The number of rotatable bonds is 10. The summed E-state index contributed by atoms with van der Waals surface area (Å²) >= 11 is 0. The zero-order chi connectivity index (χ0) is 29.1. The number of nitrogens with zero attached hydrogens (tertiary/aromatic N) is 5. The van der Waals surface area contributed by atoms with Crippen LogP contribution in [0.1, 0.15) is 5.56 Å². The number of carbonyl (C=O) groups excluding carboxylic acids is 1. The average molecular weight is 550 g/mol. The highest BCUT2D eigenvalue weighted by atomic mass is 19.1. The van der Waals surface area contributed by atoms with Crippen LogP contribution >= 0.6 is 0 Å². The van der Waals surface area contributed by atoms with Gasteiger partial charge in [-0.05, 0) is 39.2 Å². The summed E-state index contributed by atoms with van der Waals surface area (Å²) in [5, 5.41) is 6.30. The van der Waals surface area contributed by atoms with Crippen molar-refractivity contribution in [1.82, 2.24) is 19.4 Å². The molecule has 2 aromatic heterocycles. The van der Waals surface area contributed by atoms with Gasteiger partial charge in [-0.3, -0.25) is 4.79 Å². The zero-order valence-corrected chi connectivity index (χ0v) is 23.5. The summed E-state index contributed by atoms with van der Waals surface area (Å²) in [6.45, 7) is 6.67. The Kier molecular flexibility index (Phi) is 8.34. The van der Waals surface area contributed by atoms with Gasteiger partial charge in [0, 0.05) is 68.2 Å². The van der Waals surface area contributed by atoms with Gasteiger partial charge in [-0.1, -0.05) is 6.58 Å². The predicted octanol–water partition coefficient (Wildman–Crippen LogP) is 5.10. The minimum Gasteiger partial charge on any atom is -0.494 e. The van der Waals surface area contributed by atoms with Crippen molar-refractivity contribution in [2.75, 3.05) is 56.9 Å². The number of carbonyl (C=O) groups is 1. The fraction of sp³-hybridized carbons (Fsp3) is 0.276. The van der Waals surface area contributed by atoms with Gasteiger partial charge in [-0.2, -0.15) is 0 Å². The quantitative estimate of drug-likeness (QED) is 0.266. The standard InChI is InChI=1S/C29H33F2N7O2/c1-8-26(39)33-22-14-23(25(40-7)15-24(22)37(5)12-11-36(3)4)35-29-32-10-9-21(34-29)18-16-38(6)28-17(2)19(30)13-20(31)27(18)28/h8-10,13-16H,1,11-12H2,2-7H3,(H,33,39)(H,32,34,35). The molecule has 0 saturated carbocycles. The maximum absolute atomic E-state index is 14.9. The second kappa shape index (κ2) is 11.7. The molecule has 0 spiro atoms. The molecule has 210 valence electrons. The molecule has 11 heteroatoms. The molecule has 0 saturated heterocycles. The van der Waals surface area contributed by atoms with Crippen molar-refractivity contribution in [1.29, 1.82) is 0 Å². The largest absolute Gasteiger partial charge is 0.494 e. The number of ether oxygens (including phenoxy) is 1. The maximum atomic E-state index is 14.9. The molecule has 2 N–H and O–H groups in total. The summed E-state index contributed by atoms with van der Waals surface area (Å²) in [7, 11) is 9.19. The maximum Gasteiger partial charge on any atom is 0.247 e. The number of halogens is 2. The lowest BCUT2D eigenvalue weighted by molar-refractivity contribution is -0.111. The highest BCUT2D eigenvalue weighted by molar-refractivity contribution is 6.02. The highest BCUT2D eigenvalue weighted by Crippen LogP contribution is 2.39. The van der Waals surface area contributed by atoms with Crippen LogP contribution in [0.15, 0.2) is 49.3 Å². The minimum atomic E-state index is -0.667. The molecule has 9 nitrogen and oxygen atoms in total. The molecule has 0 bridgehead atoms. The third-order valence-corrected chi connectivity index (χ3v) is 6.62. The van der Waals surface area contributed by atoms with Gasteiger partial charge in [-0.15, -0.1) is 0 Å². The lowest BCUT2D eigenvalue weighted by Gasteiger charge is -2.26. The number of amides is 1. The number of aryl methyl sites for hydroxylation is 2. The molecule has 0 aliphatic heterocycles. The second-order valence-corrected chi connectivity index (χ2v) is 9.72. The van der Waals surface area contributed by atoms with Crippen LogP contribution in [0.2, 0.25) is 0 Å². The van der Waals surface area contributed by atoms with Gasteiger partial charge < -0.3 is 29.7 Å². The summed E-state index contributed by atoms with van der Waals surface area (Å²) in [6, 6.07) is 6.11. The van der Waals surface area contributed by atoms with Gasteiger partial charge in [0.25, 0.3) is 0 Å². The molecule has 2 heterocycles. The van der Waals surface area contributed by atoms with Crippen LogP contribution in [0.5, 0.6) is 5.75 Å². The number of methoxy groups -OCH3 is 1. The number of aromatic nitrogens is 3. The summed E-state index contributed by atoms with van der Waals surface area (Å²) in [4.78, 5) is 25.3. The molecule has 4 aromatic rings. The molecular formula is C29H33F2N7O2. The Morgan fingerprint density at radius 1 is 1.15 bits per heavy atom. The van der Waals surface area contributed by atoms with Gasteiger partial charge in [0.1, 0.15) is 17.4 Å². The molecular weight excluding hydrogens is 516 g/mol. The summed E-state index contributed by atoms with van der Waals surface area (Å²) in [5.74, 6) is -0.909. The fourth-order valence-electron chi connectivity index (χ4n) is 4.51. The molecule has 0 aliphatic rings. The van der Waals surface area contributed by atoms with E-state index in [2.05, 4.69) is 32.1 Å². The van der Waals surface area contributed by atoms with Crippen LogP contribution in [-0.2, 0) is 11.8 Å². The summed E-state index contributed by atoms with van der Waals surface area (Å²) in [5.41, 5.74) is 3.57. The van der Waals surface area contributed by atoms with Crippen molar-refractivity contribution < 1.29 is 18.3 Å². The van der Waals surface area contributed by atoms with E-state index in [1.54, 1.807) is 50.2 Å². The van der Waals surface area contributed by atoms with Crippen LogP contribution in [0.25, 0.3) is 22.2 Å². The van der Waals surface area contributed by atoms with Crippen molar-refractivity contribution in [3.8, 4) is 17.0 Å². The number of likely N-dealkylation sites (N-methyl/N-ethyl adjacent to an activating group) is 2. The molecule has 0 aliphatic carbocycles. The number of benzene rings is 2. The van der Waals surface area contributed by atoms with Crippen molar-refractivity contribution in [3.05, 3.63) is 66.5 Å². The first-order chi connectivity index (χ1) is 19.0. The number of hydrogen-bond donors (Lipinski definition) is 2. The first-order valence-corrected chi connectivity index (χ1v) is 12.6. The monoisotopic (exact) mass is 549 g/mol. The molecule has 0 unspecified atom stereocenters. The number of nitrogens with one attached hydrogen (secondary N) is 2. The lowest BCUT2D eigenvalue weighted by Crippen LogP contribution is -2.29. The molecule has 0 radical (unpaired) electrons. The number of anilines is 4. The summed E-state index contributed by atoms with van der Waals surface area (Å²) < 4.78 is 36.5.